The Labute approximate surface area is 134 Å². The summed E-state index contributed by atoms with van der Waals surface area (Å²) in [5.41, 5.74) is 1.85. The van der Waals surface area contributed by atoms with Gasteiger partial charge >= 0.3 is 0 Å². The van der Waals surface area contributed by atoms with Crippen LogP contribution in [-0.2, 0) is 16.6 Å². The predicted molar refractivity (Wildman–Crippen MR) is 85.6 cm³/mol. The highest BCUT2D eigenvalue weighted by atomic mass is 79.9. The highest BCUT2D eigenvalue weighted by Gasteiger charge is 2.22. The Bertz CT molecular complexity index is 879. The van der Waals surface area contributed by atoms with E-state index < -0.39 is 10.0 Å². The molecule has 0 aliphatic rings. The summed E-state index contributed by atoms with van der Waals surface area (Å²) in [7, 11) is -3.68. The first-order valence-electron chi connectivity index (χ1n) is 6.02. The monoisotopic (exact) mass is 383 g/mol. The van der Waals surface area contributed by atoms with E-state index in [0.29, 0.717) is 15.5 Å². The van der Waals surface area contributed by atoms with Crippen molar-refractivity contribution in [1.82, 2.24) is 13.5 Å². The number of halogens is 1. The molecular weight excluding hydrogens is 374 g/mol. The van der Waals surface area contributed by atoms with E-state index in [-0.39, 0.29) is 11.4 Å². The number of rotatable bonds is 4. The van der Waals surface area contributed by atoms with Crippen molar-refractivity contribution in [3.8, 4) is 0 Å². The van der Waals surface area contributed by atoms with Crippen molar-refractivity contribution in [2.45, 2.75) is 11.4 Å². The van der Waals surface area contributed by atoms with Crippen molar-refractivity contribution in [3.05, 3.63) is 52.5 Å². The molecule has 0 aliphatic heterocycles. The topological polar surface area (TPSA) is 72.0 Å². The zero-order valence-electron chi connectivity index (χ0n) is 10.7. The van der Waals surface area contributed by atoms with Crippen LogP contribution in [0.3, 0.4) is 0 Å². The number of hydrogen-bond donors (Lipinski definition) is 1. The lowest BCUT2D eigenvalue weighted by Crippen LogP contribution is -2.24. The third-order valence-electron chi connectivity index (χ3n) is 2.91. The van der Waals surface area contributed by atoms with Crippen LogP contribution in [0.2, 0.25) is 0 Å². The van der Waals surface area contributed by atoms with Crippen molar-refractivity contribution in [2.75, 3.05) is 0 Å². The minimum atomic E-state index is -3.68. The van der Waals surface area contributed by atoms with Crippen molar-refractivity contribution >= 4 is 48.7 Å². The summed E-state index contributed by atoms with van der Waals surface area (Å²) >= 11 is 4.28. The number of nitrogens with zero attached hydrogens (tertiary/aromatic N) is 2. The van der Waals surface area contributed by atoms with E-state index in [1.165, 1.54) is 0 Å². The second kappa shape index (κ2) is 5.80. The van der Waals surface area contributed by atoms with Gasteiger partial charge in [-0.05, 0) is 33.6 Å². The van der Waals surface area contributed by atoms with Crippen LogP contribution in [0.4, 0.5) is 0 Å². The third-order valence-corrected chi connectivity index (χ3v) is 5.85. The van der Waals surface area contributed by atoms with Gasteiger partial charge in [-0.1, -0.05) is 30.3 Å². The fraction of sp³-hybridized carbons (Fsp3) is 0.0769. The van der Waals surface area contributed by atoms with E-state index in [9.17, 15) is 8.42 Å². The molecular formula is C13H10BrN3O2S2. The van der Waals surface area contributed by atoms with Gasteiger partial charge in [0.25, 0.3) is 0 Å². The van der Waals surface area contributed by atoms with E-state index in [1.807, 2.05) is 30.3 Å². The van der Waals surface area contributed by atoms with Crippen LogP contribution in [0.5, 0.6) is 0 Å². The maximum absolute atomic E-state index is 12.5. The van der Waals surface area contributed by atoms with Crippen LogP contribution in [0.1, 0.15) is 5.56 Å². The van der Waals surface area contributed by atoms with Gasteiger partial charge in [-0.15, -0.1) is 0 Å². The quantitative estimate of drug-likeness (QED) is 0.751. The van der Waals surface area contributed by atoms with Gasteiger partial charge in [0.2, 0.25) is 10.0 Å². The minimum absolute atomic E-state index is 0.129. The van der Waals surface area contributed by atoms with Crippen LogP contribution >= 0.6 is 27.7 Å². The zero-order valence-corrected chi connectivity index (χ0v) is 13.9. The number of aromatic nitrogens is 2. The van der Waals surface area contributed by atoms with Gasteiger partial charge < -0.3 is 0 Å². The summed E-state index contributed by atoms with van der Waals surface area (Å²) < 4.78 is 36.3. The van der Waals surface area contributed by atoms with Crippen LogP contribution in [-0.4, -0.2) is 17.2 Å². The molecule has 0 saturated heterocycles. The minimum Gasteiger partial charge on any atom is -0.207 e. The first-order chi connectivity index (χ1) is 10.1. The van der Waals surface area contributed by atoms with Crippen molar-refractivity contribution in [2.24, 2.45) is 0 Å². The highest BCUT2D eigenvalue weighted by Crippen LogP contribution is 2.29. The van der Waals surface area contributed by atoms with Gasteiger partial charge in [-0.25, -0.2) is 13.1 Å². The SMILES string of the molecule is O=S(=O)(NCc1ccccc1)c1c(Br)ccc2nsnc12. The zero-order chi connectivity index (χ0) is 14.9. The maximum Gasteiger partial charge on any atom is 0.244 e. The average molecular weight is 384 g/mol. The summed E-state index contributed by atoms with van der Waals surface area (Å²) in [5, 5.41) is 0. The molecule has 8 heteroatoms. The van der Waals surface area contributed by atoms with Crippen molar-refractivity contribution in [3.63, 3.8) is 0 Å². The van der Waals surface area contributed by atoms with Crippen LogP contribution in [0.15, 0.2) is 51.8 Å². The molecule has 0 spiro atoms. The molecule has 0 saturated carbocycles. The van der Waals surface area contributed by atoms with Crippen molar-refractivity contribution in [1.29, 1.82) is 0 Å². The molecule has 0 bridgehead atoms. The van der Waals surface area contributed by atoms with Gasteiger partial charge in [-0.2, -0.15) is 8.75 Å². The molecule has 108 valence electrons. The molecule has 0 radical (unpaired) electrons. The lowest BCUT2D eigenvalue weighted by molar-refractivity contribution is 0.581. The number of fused-ring (bicyclic) bond motifs is 1. The Morgan fingerprint density at radius 2 is 1.86 bits per heavy atom. The first kappa shape index (κ1) is 14.6. The number of nitrogens with one attached hydrogen (secondary N) is 1. The standard InChI is InChI=1S/C13H10BrN3O2S2/c14-10-6-7-11-12(17-20-16-11)13(10)21(18,19)15-8-9-4-2-1-3-5-9/h1-7,15H,8H2. The fourth-order valence-electron chi connectivity index (χ4n) is 1.91. The molecule has 0 aliphatic carbocycles. The summed E-state index contributed by atoms with van der Waals surface area (Å²) in [4.78, 5) is 0.129. The van der Waals surface area contributed by atoms with Gasteiger partial charge in [0.05, 0.1) is 11.7 Å². The lowest BCUT2D eigenvalue weighted by atomic mass is 10.2. The Morgan fingerprint density at radius 1 is 1.10 bits per heavy atom. The van der Waals surface area contributed by atoms with E-state index >= 15 is 0 Å². The second-order valence-corrected chi connectivity index (χ2v) is 7.41. The van der Waals surface area contributed by atoms with Gasteiger partial charge in [0.1, 0.15) is 15.9 Å². The Hall–Kier alpha value is -1.35. The first-order valence-corrected chi connectivity index (χ1v) is 9.03. The molecule has 1 heterocycles. The highest BCUT2D eigenvalue weighted by molar-refractivity contribution is 9.10. The number of benzene rings is 2. The fourth-order valence-corrected chi connectivity index (χ4v) is 4.70. The Kier molecular flexibility index (Phi) is 4.03. The normalized spacial score (nSPS) is 11.9. The average Bonchev–Trinajstić information content (AvgIpc) is 2.94. The molecule has 21 heavy (non-hydrogen) atoms. The molecule has 2 aromatic carbocycles. The van der Waals surface area contributed by atoms with Gasteiger partial charge in [-0.3, -0.25) is 0 Å². The Balaban J connectivity index is 1.97. The van der Waals surface area contributed by atoms with Crippen LogP contribution in [0, 0.1) is 0 Å². The van der Waals surface area contributed by atoms with E-state index in [4.69, 9.17) is 0 Å². The molecule has 3 rings (SSSR count). The largest absolute Gasteiger partial charge is 0.244 e. The smallest absolute Gasteiger partial charge is 0.207 e. The lowest BCUT2D eigenvalue weighted by Gasteiger charge is -2.09. The summed E-state index contributed by atoms with van der Waals surface area (Å²) in [6.45, 7) is 0.226. The van der Waals surface area contributed by atoms with E-state index in [1.54, 1.807) is 12.1 Å². The van der Waals surface area contributed by atoms with Crippen LogP contribution < -0.4 is 4.72 Å². The molecule has 0 atom stereocenters. The summed E-state index contributed by atoms with van der Waals surface area (Å²) in [5.74, 6) is 0. The Morgan fingerprint density at radius 3 is 2.62 bits per heavy atom. The molecule has 5 nitrogen and oxygen atoms in total. The van der Waals surface area contributed by atoms with Crippen LogP contribution in [0.25, 0.3) is 11.0 Å². The number of sulfonamides is 1. The molecule has 0 fully saturated rings. The predicted octanol–water partition coefficient (Wildman–Crippen LogP) is 2.93. The molecule has 1 N–H and O–H groups in total. The van der Waals surface area contributed by atoms with Gasteiger partial charge in [0, 0.05) is 11.0 Å². The number of hydrogen-bond acceptors (Lipinski definition) is 5. The molecule has 0 amide bonds. The van der Waals surface area contributed by atoms with E-state index in [2.05, 4.69) is 29.4 Å². The van der Waals surface area contributed by atoms with Crippen molar-refractivity contribution < 1.29 is 8.42 Å². The van der Waals surface area contributed by atoms with Gasteiger partial charge in [0.15, 0.2) is 0 Å². The third kappa shape index (κ3) is 2.98. The summed E-state index contributed by atoms with van der Waals surface area (Å²) in [6, 6.07) is 12.7. The maximum atomic E-state index is 12.5. The molecule has 1 aromatic heterocycles. The molecule has 3 aromatic rings. The molecule has 0 unspecified atom stereocenters. The second-order valence-electron chi connectivity index (χ2n) is 4.32. The van der Waals surface area contributed by atoms with E-state index in [0.717, 1.165) is 17.3 Å². The summed E-state index contributed by atoms with van der Waals surface area (Å²) in [6.07, 6.45) is 0.